The number of rotatable bonds is 61. The number of unbranched alkanes of at least 4 members (excludes halogenated alkanes) is 50. The summed E-state index contributed by atoms with van der Waals surface area (Å²) >= 11 is 0. The summed E-state index contributed by atoms with van der Waals surface area (Å²) in [6, 6.07) is -0.561. The molecule has 6 heteroatoms. The van der Waals surface area contributed by atoms with Gasteiger partial charge in [0.2, 0.25) is 5.91 Å². The predicted molar refractivity (Wildman–Crippen MR) is 306 cm³/mol. The molecule has 1 amide bonds. The second-order valence-electron chi connectivity index (χ2n) is 22.5. The lowest BCUT2D eigenvalue weighted by Gasteiger charge is -2.22. The SMILES string of the molecule is CCCCCCCCCCCCCCCCCCCCCCCCCCCC(O)C(CO)NC(=O)CCCCCCCCCCCOC(=O)CCCCCCCCCCCCCCCCCCCCC. The highest BCUT2D eigenvalue weighted by Gasteiger charge is 2.20. The smallest absolute Gasteiger partial charge is 0.305 e. The molecule has 0 radical (unpaired) electrons. The Balaban J connectivity index is 3.43. The van der Waals surface area contributed by atoms with Gasteiger partial charge in [0.25, 0.3) is 0 Å². The van der Waals surface area contributed by atoms with E-state index in [2.05, 4.69) is 19.2 Å². The van der Waals surface area contributed by atoms with E-state index in [1.807, 2.05) is 0 Å². The lowest BCUT2D eigenvalue weighted by atomic mass is 10.0. The largest absolute Gasteiger partial charge is 0.466 e. The number of esters is 1. The minimum absolute atomic E-state index is 0.0181. The maximum atomic E-state index is 12.5. The molecule has 3 N–H and O–H groups in total. The molecule has 6 nitrogen and oxygen atoms in total. The van der Waals surface area contributed by atoms with E-state index in [0.717, 1.165) is 57.8 Å². The molecular weight excluding hydrogens is 863 g/mol. The normalized spacial score (nSPS) is 12.5. The van der Waals surface area contributed by atoms with Gasteiger partial charge in [0.15, 0.2) is 0 Å². The number of ether oxygens (including phenoxy) is 1. The van der Waals surface area contributed by atoms with Crippen molar-refractivity contribution in [3.05, 3.63) is 0 Å². The molecule has 0 aliphatic rings. The molecule has 0 rings (SSSR count). The van der Waals surface area contributed by atoms with Gasteiger partial charge in [0, 0.05) is 12.8 Å². The summed E-state index contributed by atoms with van der Waals surface area (Å²) in [7, 11) is 0. The van der Waals surface area contributed by atoms with E-state index in [4.69, 9.17) is 4.74 Å². The van der Waals surface area contributed by atoms with Crippen molar-refractivity contribution in [3.63, 3.8) is 0 Å². The Labute approximate surface area is 438 Å². The van der Waals surface area contributed by atoms with Crippen molar-refractivity contribution in [3.8, 4) is 0 Å². The molecule has 2 unspecified atom stereocenters. The third-order valence-electron chi connectivity index (χ3n) is 15.4. The van der Waals surface area contributed by atoms with Crippen LogP contribution in [0.2, 0.25) is 0 Å². The number of amides is 1. The number of carbonyl (C=O) groups excluding carboxylic acids is 2. The third-order valence-corrected chi connectivity index (χ3v) is 15.4. The standard InChI is InChI=1S/C64H127NO5/c1-3-5-7-9-11-13-15-17-19-21-23-24-25-26-27-28-30-31-33-35-37-40-44-48-52-56-62(67)61(60-66)65-63(68)57-53-49-45-41-39-43-47-51-55-59-70-64(69)58-54-50-46-42-38-36-34-32-29-22-20-18-16-14-12-10-8-6-4-2/h61-62,66-67H,3-60H2,1-2H3,(H,65,68). The maximum Gasteiger partial charge on any atom is 0.305 e. The van der Waals surface area contributed by atoms with Crippen molar-refractivity contribution >= 4 is 11.9 Å². The van der Waals surface area contributed by atoms with E-state index < -0.39 is 12.1 Å². The van der Waals surface area contributed by atoms with Gasteiger partial charge in [-0.05, 0) is 25.7 Å². The number of hydrogen-bond donors (Lipinski definition) is 3. The Kier molecular flexibility index (Phi) is 59.4. The van der Waals surface area contributed by atoms with Gasteiger partial charge in [-0.1, -0.05) is 335 Å². The van der Waals surface area contributed by atoms with Crippen LogP contribution in [0.4, 0.5) is 0 Å². The zero-order chi connectivity index (χ0) is 50.7. The van der Waals surface area contributed by atoms with E-state index in [0.29, 0.717) is 25.9 Å². The highest BCUT2D eigenvalue weighted by Crippen LogP contribution is 2.19. The van der Waals surface area contributed by atoms with Crippen molar-refractivity contribution in [1.29, 1.82) is 0 Å². The van der Waals surface area contributed by atoms with E-state index in [-0.39, 0.29) is 18.5 Å². The Morgan fingerprint density at radius 2 is 0.586 bits per heavy atom. The summed E-state index contributed by atoms with van der Waals surface area (Å²) in [4.78, 5) is 24.6. The van der Waals surface area contributed by atoms with Crippen LogP contribution in [0.15, 0.2) is 0 Å². The van der Waals surface area contributed by atoms with Crippen LogP contribution in [-0.2, 0) is 14.3 Å². The number of aliphatic hydroxyl groups excluding tert-OH is 2. The zero-order valence-corrected chi connectivity index (χ0v) is 47.8. The van der Waals surface area contributed by atoms with Gasteiger partial charge in [-0.2, -0.15) is 0 Å². The molecule has 0 fully saturated rings. The predicted octanol–water partition coefficient (Wildman–Crippen LogP) is 20.3. The first kappa shape index (κ1) is 68.9. The lowest BCUT2D eigenvalue weighted by molar-refractivity contribution is -0.143. The van der Waals surface area contributed by atoms with Crippen LogP contribution in [0.3, 0.4) is 0 Å². The van der Waals surface area contributed by atoms with Crippen molar-refractivity contribution in [2.75, 3.05) is 13.2 Å². The molecule has 0 aromatic rings. The molecule has 0 heterocycles. The summed E-state index contributed by atoms with van der Waals surface area (Å²) < 4.78 is 5.48. The van der Waals surface area contributed by atoms with Gasteiger partial charge >= 0.3 is 5.97 Å². The lowest BCUT2D eigenvalue weighted by Crippen LogP contribution is -2.45. The fourth-order valence-corrected chi connectivity index (χ4v) is 10.5. The van der Waals surface area contributed by atoms with Gasteiger partial charge in [0.1, 0.15) is 0 Å². The van der Waals surface area contributed by atoms with Crippen LogP contribution in [0, 0.1) is 0 Å². The second-order valence-corrected chi connectivity index (χ2v) is 22.5. The van der Waals surface area contributed by atoms with Gasteiger partial charge < -0.3 is 20.3 Å². The average Bonchev–Trinajstić information content (AvgIpc) is 3.36. The Bertz CT molecular complexity index is 1010. The van der Waals surface area contributed by atoms with E-state index in [1.165, 1.54) is 283 Å². The topological polar surface area (TPSA) is 95.9 Å². The van der Waals surface area contributed by atoms with Gasteiger partial charge in [-0.15, -0.1) is 0 Å². The van der Waals surface area contributed by atoms with Crippen molar-refractivity contribution in [1.82, 2.24) is 5.32 Å². The fraction of sp³-hybridized carbons (Fsp3) is 0.969. The van der Waals surface area contributed by atoms with E-state index in [1.54, 1.807) is 0 Å². The fourth-order valence-electron chi connectivity index (χ4n) is 10.5. The molecule has 0 saturated heterocycles. The molecule has 0 spiro atoms. The first-order valence-electron chi connectivity index (χ1n) is 32.3. The Morgan fingerprint density at radius 1 is 0.343 bits per heavy atom. The monoisotopic (exact) mass is 990 g/mol. The Hall–Kier alpha value is -1.14. The number of aliphatic hydroxyl groups is 2. The third kappa shape index (κ3) is 56.2. The van der Waals surface area contributed by atoms with E-state index >= 15 is 0 Å². The van der Waals surface area contributed by atoms with Crippen LogP contribution < -0.4 is 5.32 Å². The zero-order valence-electron chi connectivity index (χ0n) is 47.8. The molecule has 0 bridgehead atoms. The summed E-state index contributed by atoms with van der Waals surface area (Å²) in [5, 5.41) is 23.4. The summed E-state index contributed by atoms with van der Waals surface area (Å²) in [6.07, 6.45) is 71.2. The minimum atomic E-state index is -0.682. The number of carbonyl (C=O) groups is 2. The highest BCUT2D eigenvalue weighted by molar-refractivity contribution is 5.76. The van der Waals surface area contributed by atoms with Crippen LogP contribution in [-0.4, -0.2) is 47.4 Å². The molecular formula is C64H127NO5. The van der Waals surface area contributed by atoms with Crippen LogP contribution in [0.1, 0.15) is 373 Å². The number of hydrogen-bond acceptors (Lipinski definition) is 5. The van der Waals surface area contributed by atoms with Gasteiger partial charge in [-0.25, -0.2) is 0 Å². The van der Waals surface area contributed by atoms with Gasteiger partial charge in [-0.3, -0.25) is 9.59 Å². The average molecular weight is 991 g/mol. The molecule has 2 atom stereocenters. The summed E-state index contributed by atoms with van der Waals surface area (Å²) in [5.74, 6) is -0.0744. The number of nitrogens with one attached hydrogen (secondary N) is 1. The van der Waals surface area contributed by atoms with Gasteiger partial charge in [0.05, 0.1) is 25.4 Å². The van der Waals surface area contributed by atoms with Crippen molar-refractivity contribution in [2.24, 2.45) is 0 Å². The molecule has 0 aromatic heterocycles. The summed E-state index contributed by atoms with van der Waals surface area (Å²) in [6.45, 7) is 4.94. The van der Waals surface area contributed by atoms with Crippen LogP contribution in [0.5, 0.6) is 0 Å². The van der Waals surface area contributed by atoms with Crippen molar-refractivity contribution in [2.45, 2.75) is 386 Å². The minimum Gasteiger partial charge on any atom is -0.466 e. The molecule has 0 aliphatic heterocycles. The first-order valence-corrected chi connectivity index (χ1v) is 32.3. The summed E-state index contributed by atoms with van der Waals surface area (Å²) in [5.41, 5.74) is 0. The second kappa shape index (κ2) is 60.4. The van der Waals surface area contributed by atoms with E-state index in [9.17, 15) is 19.8 Å². The molecule has 418 valence electrons. The van der Waals surface area contributed by atoms with Crippen molar-refractivity contribution < 1.29 is 24.5 Å². The van der Waals surface area contributed by atoms with Crippen LogP contribution >= 0.6 is 0 Å². The quantitative estimate of drug-likeness (QED) is 0.0417. The van der Waals surface area contributed by atoms with Crippen LogP contribution in [0.25, 0.3) is 0 Å². The maximum absolute atomic E-state index is 12.5. The highest BCUT2D eigenvalue weighted by atomic mass is 16.5. The molecule has 0 saturated carbocycles. The first-order chi connectivity index (χ1) is 34.5. The molecule has 0 aliphatic carbocycles. The molecule has 0 aromatic carbocycles. The Morgan fingerprint density at radius 3 is 0.871 bits per heavy atom. The molecule has 70 heavy (non-hydrogen) atoms.